The summed E-state index contributed by atoms with van der Waals surface area (Å²) in [6.45, 7) is 4.08. The van der Waals surface area contributed by atoms with Crippen molar-refractivity contribution in [2.24, 2.45) is 0 Å². The summed E-state index contributed by atoms with van der Waals surface area (Å²) in [5.74, 6) is 0.0719. The van der Waals surface area contributed by atoms with Crippen molar-refractivity contribution in [1.29, 1.82) is 0 Å². The van der Waals surface area contributed by atoms with E-state index in [0.717, 1.165) is 37.6 Å². The number of likely N-dealkylation sites (N-methyl/N-ethyl adjacent to an activating group) is 1. The molecule has 18 heavy (non-hydrogen) atoms. The van der Waals surface area contributed by atoms with Crippen molar-refractivity contribution in [2.45, 2.75) is 0 Å². The lowest BCUT2D eigenvalue weighted by atomic mass is 10.2. The molecule has 0 saturated carbocycles. The molecule has 0 aromatic heterocycles. The standard InChI is InChI=1S/C13H20N4O/c1-15-13(18)10-16-6-8-17(9-7-16)12-5-3-2-4-11(12)14/h2-5H,6-10,14H2,1H3,(H,15,18). The molecule has 1 fully saturated rings. The molecular formula is C13H20N4O. The molecule has 1 saturated heterocycles. The number of rotatable bonds is 3. The summed E-state index contributed by atoms with van der Waals surface area (Å²) in [7, 11) is 1.67. The van der Waals surface area contributed by atoms with Crippen molar-refractivity contribution in [2.75, 3.05) is 50.4 Å². The lowest BCUT2D eigenvalue weighted by molar-refractivity contribution is -0.121. The van der Waals surface area contributed by atoms with Crippen LogP contribution in [0.4, 0.5) is 11.4 Å². The molecule has 1 heterocycles. The molecule has 0 atom stereocenters. The topological polar surface area (TPSA) is 61.6 Å². The maximum Gasteiger partial charge on any atom is 0.233 e. The van der Waals surface area contributed by atoms with Gasteiger partial charge in [-0.2, -0.15) is 0 Å². The molecule has 2 rings (SSSR count). The highest BCUT2D eigenvalue weighted by Gasteiger charge is 2.19. The van der Waals surface area contributed by atoms with Crippen LogP contribution in [0.2, 0.25) is 0 Å². The minimum Gasteiger partial charge on any atom is -0.397 e. The monoisotopic (exact) mass is 248 g/mol. The number of amides is 1. The zero-order valence-corrected chi connectivity index (χ0v) is 10.7. The summed E-state index contributed by atoms with van der Waals surface area (Å²) in [6.07, 6.45) is 0. The molecule has 1 amide bonds. The molecule has 1 aromatic rings. The van der Waals surface area contributed by atoms with Crippen LogP contribution in [0.15, 0.2) is 24.3 Å². The van der Waals surface area contributed by atoms with Gasteiger partial charge in [0.2, 0.25) is 5.91 Å². The lowest BCUT2D eigenvalue weighted by Crippen LogP contribution is -2.49. The minimum absolute atomic E-state index is 0.0719. The highest BCUT2D eigenvalue weighted by molar-refractivity contribution is 5.77. The van der Waals surface area contributed by atoms with Gasteiger partial charge in [0.05, 0.1) is 17.9 Å². The molecule has 0 bridgehead atoms. The normalized spacial score (nSPS) is 16.6. The fourth-order valence-electron chi connectivity index (χ4n) is 2.20. The number of carbonyl (C=O) groups excluding carboxylic acids is 1. The van der Waals surface area contributed by atoms with E-state index in [4.69, 9.17) is 5.73 Å². The average molecular weight is 248 g/mol. The van der Waals surface area contributed by atoms with E-state index in [1.165, 1.54) is 0 Å². The molecule has 1 aliphatic heterocycles. The number of nitrogens with zero attached hydrogens (tertiary/aromatic N) is 2. The predicted octanol–water partition coefficient (Wildman–Crippen LogP) is 0.137. The van der Waals surface area contributed by atoms with E-state index in [2.05, 4.69) is 15.1 Å². The van der Waals surface area contributed by atoms with Crippen LogP contribution in [0.1, 0.15) is 0 Å². The van der Waals surface area contributed by atoms with E-state index in [1.54, 1.807) is 7.05 Å². The first-order chi connectivity index (χ1) is 8.70. The largest absolute Gasteiger partial charge is 0.397 e. The summed E-state index contributed by atoms with van der Waals surface area (Å²) in [6, 6.07) is 7.92. The second kappa shape index (κ2) is 5.73. The van der Waals surface area contributed by atoms with E-state index in [-0.39, 0.29) is 5.91 Å². The van der Waals surface area contributed by atoms with Gasteiger partial charge in [0.25, 0.3) is 0 Å². The Hall–Kier alpha value is -1.75. The van der Waals surface area contributed by atoms with Crippen molar-refractivity contribution in [3.05, 3.63) is 24.3 Å². The van der Waals surface area contributed by atoms with Gasteiger partial charge in [0, 0.05) is 33.2 Å². The van der Waals surface area contributed by atoms with Crippen LogP contribution < -0.4 is 16.0 Å². The van der Waals surface area contributed by atoms with E-state index >= 15 is 0 Å². The van der Waals surface area contributed by atoms with Gasteiger partial charge < -0.3 is 16.0 Å². The highest BCUT2D eigenvalue weighted by Crippen LogP contribution is 2.23. The van der Waals surface area contributed by atoms with Gasteiger partial charge in [-0.05, 0) is 12.1 Å². The second-order valence-corrected chi connectivity index (χ2v) is 4.50. The molecule has 1 aliphatic rings. The number of hydrogen-bond donors (Lipinski definition) is 2. The highest BCUT2D eigenvalue weighted by atomic mass is 16.1. The number of piperazine rings is 1. The van der Waals surface area contributed by atoms with Crippen LogP contribution in [-0.4, -0.2) is 50.6 Å². The third kappa shape index (κ3) is 2.92. The lowest BCUT2D eigenvalue weighted by Gasteiger charge is -2.36. The zero-order chi connectivity index (χ0) is 13.0. The van der Waals surface area contributed by atoms with Crippen LogP contribution >= 0.6 is 0 Å². The fourth-order valence-corrected chi connectivity index (χ4v) is 2.20. The van der Waals surface area contributed by atoms with E-state index in [0.29, 0.717) is 6.54 Å². The van der Waals surface area contributed by atoms with Crippen molar-refractivity contribution in [3.63, 3.8) is 0 Å². The number of anilines is 2. The number of nitrogens with two attached hydrogens (primary N) is 1. The van der Waals surface area contributed by atoms with Gasteiger partial charge in [0.15, 0.2) is 0 Å². The molecule has 5 heteroatoms. The number of para-hydroxylation sites is 2. The molecule has 1 aromatic carbocycles. The third-order valence-electron chi connectivity index (χ3n) is 3.30. The Morgan fingerprint density at radius 3 is 2.56 bits per heavy atom. The van der Waals surface area contributed by atoms with E-state index in [9.17, 15) is 4.79 Å². The molecule has 5 nitrogen and oxygen atoms in total. The quantitative estimate of drug-likeness (QED) is 0.747. The van der Waals surface area contributed by atoms with Crippen molar-refractivity contribution < 1.29 is 4.79 Å². The Morgan fingerprint density at radius 2 is 1.94 bits per heavy atom. The van der Waals surface area contributed by atoms with Gasteiger partial charge in [-0.3, -0.25) is 9.69 Å². The average Bonchev–Trinajstić information content (AvgIpc) is 2.40. The Kier molecular flexibility index (Phi) is 4.04. The molecule has 98 valence electrons. The second-order valence-electron chi connectivity index (χ2n) is 4.50. The van der Waals surface area contributed by atoms with Gasteiger partial charge in [0.1, 0.15) is 0 Å². The SMILES string of the molecule is CNC(=O)CN1CCN(c2ccccc2N)CC1. The molecular weight excluding hydrogens is 228 g/mol. The number of hydrogen-bond acceptors (Lipinski definition) is 4. The van der Waals surface area contributed by atoms with Gasteiger partial charge in [-0.25, -0.2) is 0 Å². The molecule has 0 unspecified atom stereocenters. The van der Waals surface area contributed by atoms with Gasteiger partial charge in [-0.15, -0.1) is 0 Å². The molecule has 0 radical (unpaired) electrons. The Labute approximate surface area is 108 Å². The Morgan fingerprint density at radius 1 is 1.28 bits per heavy atom. The molecule has 0 spiro atoms. The van der Waals surface area contributed by atoms with Gasteiger partial charge in [-0.1, -0.05) is 12.1 Å². The summed E-state index contributed by atoms with van der Waals surface area (Å²) in [5.41, 5.74) is 7.88. The summed E-state index contributed by atoms with van der Waals surface area (Å²) < 4.78 is 0. The van der Waals surface area contributed by atoms with Crippen LogP contribution in [-0.2, 0) is 4.79 Å². The first-order valence-electron chi connectivity index (χ1n) is 6.23. The number of nitrogens with one attached hydrogen (secondary N) is 1. The van der Waals surface area contributed by atoms with Crippen molar-refractivity contribution in [3.8, 4) is 0 Å². The first-order valence-corrected chi connectivity index (χ1v) is 6.23. The van der Waals surface area contributed by atoms with E-state index < -0.39 is 0 Å². The summed E-state index contributed by atoms with van der Waals surface area (Å²) in [5, 5.41) is 2.65. The van der Waals surface area contributed by atoms with Crippen molar-refractivity contribution >= 4 is 17.3 Å². The maximum absolute atomic E-state index is 11.3. The fraction of sp³-hybridized carbons (Fsp3) is 0.462. The number of carbonyl (C=O) groups is 1. The third-order valence-corrected chi connectivity index (χ3v) is 3.30. The van der Waals surface area contributed by atoms with Crippen molar-refractivity contribution in [1.82, 2.24) is 10.2 Å². The summed E-state index contributed by atoms with van der Waals surface area (Å²) in [4.78, 5) is 15.7. The van der Waals surface area contributed by atoms with Crippen LogP contribution in [0.5, 0.6) is 0 Å². The first kappa shape index (κ1) is 12.7. The van der Waals surface area contributed by atoms with Crippen LogP contribution in [0.3, 0.4) is 0 Å². The summed E-state index contributed by atoms with van der Waals surface area (Å²) >= 11 is 0. The molecule has 3 N–H and O–H groups in total. The van der Waals surface area contributed by atoms with E-state index in [1.807, 2.05) is 24.3 Å². The Balaban J connectivity index is 1.91. The number of nitrogen functional groups attached to an aromatic ring is 1. The maximum atomic E-state index is 11.3. The predicted molar refractivity (Wildman–Crippen MR) is 73.6 cm³/mol. The van der Waals surface area contributed by atoms with Crippen LogP contribution in [0.25, 0.3) is 0 Å². The minimum atomic E-state index is 0.0719. The molecule has 0 aliphatic carbocycles. The van der Waals surface area contributed by atoms with Crippen LogP contribution in [0, 0.1) is 0 Å². The van der Waals surface area contributed by atoms with Gasteiger partial charge >= 0.3 is 0 Å². The number of benzene rings is 1. The Bertz CT molecular complexity index is 413. The zero-order valence-electron chi connectivity index (χ0n) is 10.7. The smallest absolute Gasteiger partial charge is 0.233 e.